The summed E-state index contributed by atoms with van der Waals surface area (Å²) in [5.41, 5.74) is 2.31. The summed E-state index contributed by atoms with van der Waals surface area (Å²) in [6.45, 7) is 2.21. The van der Waals surface area contributed by atoms with Crippen molar-refractivity contribution in [2.45, 2.75) is 23.3 Å². The molecule has 27 heavy (non-hydrogen) atoms. The molecule has 138 valence electrons. The Morgan fingerprint density at radius 2 is 1.67 bits per heavy atom. The van der Waals surface area contributed by atoms with E-state index >= 15 is 0 Å². The Labute approximate surface area is 158 Å². The van der Waals surface area contributed by atoms with Crippen LogP contribution in [0.1, 0.15) is 11.1 Å². The van der Waals surface area contributed by atoms with Crippen LogP contribution in [0.15, 0.2) is 82.8 Å². The predicted molar refractivity (Wildman–Crippen MR) is 103 cm³/mol. The lowest BCUT2D eigenvalue weighted by Gasteiger charge is -2.09. The van der Waals surface area contributed by atoms with Crippen molar-refractivity contribution < 1.29 is 13.2 Å². The third-order valence-corrected chi connectivity index (χ3v) is 5.69. The Morgan fingerprint density at radius 3 is 2.33 bits per heavy atom. The Morgan fingerprint density at radius 1 is 0.963 bits per heavy atom. The average molecular weight is 381 g/mol. The first-order valence-corrected chi connectivity index (χ1v) is 9.79. The Kier molecular flexibility index (Phi) is 5.52. The first kappa shape index (κ1) is 18.6. The van der Waals surface area contributed by atoms with Gasteiger partial charge in [-0.3, -0.25) is 4.98 Å². The molecule has 2 amide bonds. The number of sulfone groups is 1. The van der Waals surface area contributed by atoms with E-state index in [9.17, 15) is 13.2 Å². The van der Waals surface area contributed by atoms with Gasteiger partial charge in [0, 0.05) is 24.6 Å². The number of benzene rings is 2. The minimum atomic E-state index is -3.59. The van der Waals surface area contributed by atoms with Gasteiger partial charge in [-0.1, -0.05) is 12.1 Å². The molecule has 2 N–H and O–H groups in total. The lowest BCUT2D eigenvalue weighted by molar-refractivity contribution is 0.251. The molecule has 0 spiro atoms. The number of carbonyl (C=O) groups is 1. The molecular weight excluding hydrogens is 362 g/mol. The summed E-state index contributed by atoms with van der Waals surface area (Å²) >= 11 is 0. The highest BCUT2D eigenvalue weighted by Crippen LogP contribution is 2.23. The van der Waals surface area contributed by atoms with Crippen LogP contribution in [0.4, 0.5) is 10.5 Å². The SMILES string of the molecule is Cc1cccc(S(=O)(=O)c2ccc(NC(=O)NCc3ccncc3)cc2)c1. The number of rotatable bonds is 5. The van der Waals surface area contributed by atoms with Crippen molar-refractivity contribution in [1.29, 1.82) is 0 Å². The van der Waals surface area contributed by atoms with E-state index in [0.29, 0.717) is 12.2 Å². The fraction of sp³-hybridized carbons (Fsp3) is 0.100. The van der Waals surface area contributed by atoms with Crippen molar-refractivity contribution in [3.8, 4) is 0 Å². The first-order valence-electron chi connectivity index (χ1n) is 8.31. The van der Waals surface area contributed by atoms with Gasteiger partial charge in [0.25, 0.3) is 0 Å². The molecule has 0 unspecified atom stereocenters. The molecule has 6 nitrogen and oxygen atoms in total. The van der Waals surface area contributed by atoms with Gasteiger partial charge in [-0.15, -0.1) is 0 Å². The van der Waals surface area contributed by atoms with Crippen molar-refractivity contribution in [2.75, 3.05) is 5.32 Å². The van der Waals surface area contributed by atoms with Gasteiger partial charge < -0.3 is 10.6 Å². The van der Waals surface area contributed by atoms with Gasteiger partial charge in [0.2, 0.25) is 9.84 Å². The zero-order valence-corrected chi connectivity index (χ0v) is 15.5. The molecule has 0 aliphatic heterocycles. The molecule has 7 heteroatoms. The van der Waals surface area contributed by atoms with E-state index in [-0.39, 0.29) is 15.8 Å². The number of hydrogen-bond donors (Lipinski definition) is 2. The smallest absolute Gasteiger partial charge is 0.319 e. The molecule has 0 aliphatic rings. The summed E-state index contributed by atoms with van der Waals surface area (Å²) in [5, 5.41) is 5.41. The lowest BCUT2D eigenvalue weighted by Crippen LogP contribution is -2.28. The number of nitrogens with one attached hydrogen (secondary N) is 2. The summed E-state index contributed by atoms with van der Waals surface area (Å²) < 4.78 is 25.3. The van der Waals surface area contributed by atoms with E-state index in [2.05, 4.69) is 15.6 Å². The van der Waals surface area contributed by atoms with Crippen molar-refractivity contribution in [3.63, 3.8) is 0 Å². The van der Waals surface area contributed by atoms with Gasteiger partial charge in [0.1, 0.15) is 0 Å². The Hall–Kier alpha value is -3.19. The lowest BCUT2D eigenvalue weighted by atomic mass is 10.2. The quantitative estimate of drug-likeness (QED) is 0.707. The van der Waals surface area contributed by atoms with Gasteiger partial charge in [-0.05, 0) is 66.6 Å². The second kappa shape index (κ2) is 8.01. The van der Waals surface area contributed by atoms with E-state index < -0.39 is 9.84 Å². The summed E-state index contributed by atoms with van der Waals surface area (Å²) in [5.74, 6) is 0. The van der Waals surface area contributed by atoms with Crippen molar-refractivity contribution in [1.82, 2.24) is 10.3 Å². The van der Waals surface area contributed by atoms with E-state index in [1.54, 1.807) is 42.7 Å². The molecule has 0 radical (unpaired) electrons. The van der Waals surface area contributed by atoms with E-state index in [0.717, 1.165) is 11.1 Å². The topological polar surface area (TPSA) is 88.2 Å². The summed E-state index contributed by atoms with van der Waals surface area (Å²) in [6, 6.07) is 16.1. The van der Waals surface area contributed by atoms with Gasteiger partial charge in [0.15, 0.2) is 0 Å². The van der Waals surface area contributed by atoms with Gasteiger partial charge in [0.05, 0.1) is 9.79 Å². The summed E-state index contributed by atoms with van der Waals surface area (Å²) in [7, 11) is -3.59. The fourth-order valence-electron chi connectivity index (χ4n) is 2.49. The maximum absolute atomic E-state index is 12.7. The minimum absolute atomic E-state index is 0.177. The van der Waals surface area contributed by atoms with Crippen molar-refractivity contribution in [3.05, 3.63) is 84.2 Å². The minimum Gasteiger partial charge on any atom is -0.334 e. The van der Waals surface area contributed by atoms with Crippen LogP contribution in [0.25, 0.3) is 0 Å². The fourth-order valence-corrected chi connectivity index (χ4v) is 3.86. The van der Waals surface area contributed by atoms with E-state index in [1.165, 1.54) is 12.1 Å². The van der Waals surface area contributed by atoms with Crippen molar-refractivity contribution in [2.24, 2.45) is 0 Å². The molecule has 0 aliphatic carbocycles. The zero-order chi connectivity index (χ0) is 19.3. The molecule has 1 heterocycles. The third kappa shape index (κ3) is 4.71. The van der Waals surface area contributed by atoms with Gasteiger partial charge >= 0.3 is 6.03 Å². The maximum atomic E-state index is 12.7. The number of pyridine rings is 1. The second-order valence-corrected chi connectivity index (χ2v) is 7.96. The second-order valence-electron chi connectivity index (χ2n) is 6.01. The largest absolute Gasteiger partial charge is 0.334 e. The monoisotopic (exact) mass is 381 g/mol. The number of urea groups is 1. The zero-order valence-electron chi connectivity index (χ0n) is 14.7. The normalized spacial score (nSPS) is 11.0. The highest BCUT2D eigenvalue weighted by molar-refractivity contribution is 7.91. The summed E-state index contributed by atoms with van der Waals surface area (Å²) in [4.78, 5) is 16.3. The van der Waals surface area contributed by atoms with Crippen LogP contribution < -0.4 is 10.6 Å². The van der Waals surface area contributed by atoms with Crippen LogP contribution in [0.2, 0.25) is 0 Å². The third-order valence-electron chi connectivity index (χ3n) is 3.92. The van der Waals surface area contributed by atoms with Crippen LogP contribution >= 0.6 is 0 Å². The van der Waals surface area contributed by atoms with Gasteiger partial charge in [-0.2, -0.15) is 0 Å². The number of nitrogens with zero attached hydrogens (tertiary/aromatic N) is 1. The number of aromatic nitrogens is 1. The molecule has 3 rings (SSSR count). The van der Waals surface area contributed by atoms with Crippen LogP contribution in [-0.2, 0) is 16.4 Å². The van der Waals surface area contributed by atoms with Crippen LogP contribution in [0, 0.1) is 6.92 Å². The number of hydrogen-bond acceptors (Lipinski definition) is 4. The van der Waals surface area contributed by atoms with Crippen molar-refractivity contribution >= 4 is 21.6 Å². The predicted octanol–water partition coefficient (Wildman–Crippen LogP) is 3.54. The molecule has 0 saturated carbocycles. The standard InChI is InChI=1S/C20H19N3O3S/c1-15-3-2-4-19(13-15)27(25,26)18-7-5-17(6-8-18)23-20(24)22-14-16-9-11-21-12-10-16/h2-13H,14H2,1H3,(H2,22,23,24). The molecule has 3 aromatic rings. The maximum Gasteiger partial charge on any atom is 0.319 e. The average Bonchev–Trinajstić information content (AvgIpc) is 2.68. The van der Waals surface area contributed by atoms with Gasteiger partial charge in [-0.25, -0.2) is 13.2 Å². The van der Waals surface area contributed by atoms with Crippen LogP contribution in [0.3, 0.4) is 0 Å². The Balaban J connectivity index is 1.65. The van der Waals surface area contributed by atoms with Crippen LogP contribution in [-0.4, -0.2) is 19.4 Å². The van der Waals surface area contributed by atoms with E-state index in [4.69, 9.17) is 0 Å². The molecule has 0 atom stereocenters. The molecule has 0 saturated heterocycles. The number of amides is 2. The summed E-state index contributed by atoms with van der Waals surface area (Å²) in [6.07, 6.45) is 3.31. The highest BCUT2D eigenvalue weighted by atomic mass is 32.2. The number of carbonyl (C=O) groups excluding carboxylic acids is 1. The highest BCUT2D eigenvalue weighted by Gasteiger charge is 2.17. The Bertz CT molecular complexity index is 1030. The van der Waals surface area contributed by atoms with Crippen LogP contribution in [0.5, 0.6) is 0 Å². The van der Waals surface area contributed by atoms with E-state index in [1.807, 2.05) is 25.1 Å². The molecule has 2 aromatic carbocycles. The number of aryl methyl sites for hydroxylation is 1. The molecule has 0 bridgehead atoms. The molecule has 1 aromatic heterocycles. The first-order chi connectivity index (χ1) is 12.9. The number of anilines is 1. The molecular formula is C20H19N3O3S. The molecule has 0 fully saturated rings.